The smallest absolute Gasteiger partial charge is 0.261 e. The third kappa shape index (κ3) is 6.63. The van der Waals surface area contributed by atoms with Gasteiger partial charge in [0.25, 0.3) is 5.91 Å². The van der Waals surface area contributed by atoms with Crippen molar-refractivity contribution in [2.24, 2.45) is 5.92 Å². The lowest BCUT2D eigenvalue weighted by molar-refractivity contribution is -0.133. The lowest BCUT2D eigenvalue weighted by Crippen LogP contribution is -2.49. The molecule has 11 heteroatoms. The first kappa shape index (κ1) is 25.1. The largest absolute Gasteiger partial charge is 0.497 e. The van der Waals surface area contributed by atoms with Crippen LogP contribution in [-0.2, 0) is 26.0 Å². The Morgan fingerprint density at radius 1 is 1.26 bits per heavy atom. The molecule has 0 spiro atoms. The summed E-state index contributed by atoms with van der Waals surface area (Å²) in [6.45, 7) is 4.23. The molecule has 1 heterocycles. The summed E-state index contributed by atoms with van der Waals surface area (Å²) in [5.41, 5.74) is 1.86. The number of aliphatic hydroxyl groups is 1. The zero-order valence-electron chi connectivity index (χ0n) is 18.0. The first-order chi connectivity index (χ1) is 14.6. The Hall–Kier alpha value is -2.21. The van der Waals surface area contributed by atoms with Gasteiger partial charge in [0.2, 0.25) is 15.9 Å². The zero-order valence-corrected chi connectivity index (χ0v) is 18.8. The third-order valence-corrected chi connectivity index (χ3v) is 6.87. The van der Waals surface area contributed by atoms with Gasteiger partial charge in [-0.15, -0.1) is 0 Å². The highest BCUT2D eigenvalue weighted by Gasteiger charge is 2.30. The van der Waals surface area contributed by atoms with E-state index < -0.39 is 34.0 Å². The fourth-order valence-electron chi connectivity index (χ4n) is 3.45. The lowest BCUT2D eigenvalue weighted by Gasteiger charge is -2.29. The van der Waals surface area contributed by atoms with Crippen molar-refractivity contribution in [2.45, 2.75) is 56.6 Å². The van der Waals surface area contributed by atoms with Gasteiger partial charge in [-0.05, 0) is 48.9 Å². The van der Waals surface area contributed by atoms with E-state index in [0.717, 1.165) is 0 Å². The van der Waals surface area contributed by atoms with E-state index in [1.807, 2.05) is 0 Å². The standard InChI is InChI=1S/C20H31N3O7S/c1-13(2)19(20(26)21-27)22-31(28,29)17-6-5-16(30-3)12-14(17)4-7-18(25)23-10-8-15(24)9-11-23/h5-6,12-13,15,19,22,24,27H,4,7-11H2,1-3H3,(H,21,26). The molecule has 4 N–H and O–H groups in total. The van der Waals surface area contributed by atoms with Crippen molar-refractivity contribution in [2.75, 3.05) is 20.2 Å². The van der Waals surface area contributed by atoms with Gasteiger partial charge >= 0.3 is 0 Å². The van der Waals surface area contributed by atoms with Crippen molar-refractivity contribution >= 4 is 21.8 Å². The van der Waals surface area contributed by atoms with Crippen LogP contribution in [0.2, 0.25) is 0 Å². The molecule has 31 heavy (non-hydrogen) atoms. The number of hydroxylamine groups is 1. The van der Waals surface area contributed by atoms with Crippen molar-refractivity contribution in [3.05, 3.63) is 23.8 Å². The molecule has 1 atom stereocenters. The van der Waals surface area contributed by atoms with Crippen LogP contribution in [0.25, 0.3) is 0 Å². The number of carbonyl (C=O) groups is 2. The number of ether oxygens (including phenoxy) is 1. The molecule has 1 aromatic carbocycles. The Bertz CT molecular complexity index is 881. The first-order valence-electron chi connectivity index (χ1n) is 10.2. The number of likely N-dealkylation sites (tertiary alicyclic amines) is 1. The number of nitrogens with zero attached hydrogens (tertiary/aromatic N) is 1. The third-order valence-electron chi connectivity index (χ3n) is 5.32. The molecule has 1 fully saturated rings. The summed E-state index contributed by atoms with van der Waals surface area (Å²) < 4.78 is 33.6. The molecule has 174 valence electrons. The van der Waals surface area contributed by atoms with E-state index >= 15 is 0 Å². The second-order valence-corrected chi connectivity index (χ2v) is 9.59. The van der Waals surface area contributed by atoms with Crippen molar-refractivity contribution in [1.82, 2.24) is 15.1 Å². The number of carbonyl (C=O) groups excluding carboxylic acids is 2. The molecule has 2 amide bonds. The molecule has 1 aliphatic heterocycles. The van der Waals surface area contributed by atoms with Crippen LogP contribution in [0.1, 0.15) is 38.7 Å². The number of sulfonamides is 1. The molecule has 10 nitrogen and oxygen atoms in total. The molecule has 0 bridgehead atoms. The minimum absolute atomic E-state index is 0.0634. The Labute approximate surface area is 182 Å². The summed E-state index contributed by atoms with van der Waals surface area (Å²) in [6, 6.07) is 3.24. The van der Waals surface area contributed by atoms with Crippen LogP contribution in [0, 0.1) is 5.92 Å². The molecule has 1 unspecified atom stereocenters. The van der Waals surface area contributed by atoms with Crippen LogP contribution in [0.15, 0.2) is 23.1 Å². The van der Waals surface area contributed by atoms with Gasteiger partial charge in [0.05, 0.1) is 18.1 Å². The zero-order chi connectivity index (χ0) is 23.2. The Kier molecular flexibility index (Phi) is 8.80. The summed E-state index contributed by atoms with van der Waals surface area (Å²) in [7, 11) is -2.68. The summed E-state index contributed by atoms with van der Waals surface area (Å²) >= 11 is 0. The summed E-state index contributed by atoms with van der Waals surface area (Å²) in [4.78, 5) is 26.0. The number of benzene rings is 1. The molecule has 0 aliphatic carbocycles. The first-order valence-corrected chi connectivity index (χ1v) is 11.7. The normalized spacial score (nSPS) is 16.3. The van der Waals surface area contributed by atoms with Gasteiger partial charge in [-0.1, -0.05) is 13.8 Å². The number of methoxy groups -OCH3 is 1. The monoisotopic (exact) mass is 457 g/mol. The molecule has 1 saturated heterocycles. The van der Waals surface area contributed by atoms with E-state index in [-0.39, 0.29) is 23.6 Å². The van der Waals surface area contributed by atoms with Gasteiger partial charge in [0, 0.05) is 19.5 Å². The van der Waals surface area contributed by atoms with Gasteiger partial charge < -0.3 is 14.7 Å². The van der Waals surface area contributed by atoms with Gasteiger partial charge in [-0.2, -0.15) is 4.72 Å². The highest BCUT2D eigenvalue weighted by Crippen LogP contribution is 2.24. The second-order valence-electron chi connectivity index (χ2n) is 7.90. The molecular formula is C20H31N3O7S. The van der Waals surface area contributed by atoms with Gasteiger partial charge in [0.1, 0.15) is 11.8 Å². The van der Waals surface area contributed by atoms with Gasteiger partial charge in [-0.25, -0.2) is 13.9 Å². The highest BCUT2D eigenvalue weighted by atomic mass is 32.2. The van der Waals surface area contributed by atoms with E-state index in [4.69, 9.17) is 9.94 Å². The average molecular weight is 458 g/mol. The van der Waals surface area contributed by atoms with Crippen LogP contribution in [0.4, 0.5) is 0 Å². The van der Waals surface area contributed by atoms with Gasteiger partial charge in [0.15, 0.2) is 0 Å². The lowest BCUT2D eigenvalue weighted by atomic mass is 10.1. The van der Waals surface area contributed by atoms with Crippen molar-refractivity contribution in [3.8, 4) is 5.75 Å². The van der Waals surface area contributed by atoms with Gasteiger partial charge in [-0.3, -0.25) is 14.8 Å². The van der Waals surface area contributed by atoms with E-state index in [0.29, 0.717) is 37.2 Å². The summed E-state index contributed by atoms with van der Waals surface area (Å²) in [5, 5.41) is 18.5. The predicted molar refractivity (Wildman–Crippen MR) is 112 cm³/mol. The summed E-state index contributed by atoms with van der Waals surface area (Å²) in [6.07, 6.45) is 0.909. The van der Waals surface area contributed by atoms with E-state index in [1.165, 1.54) is 24.7 Å². The number of nitrogens with one attached hydrogen (secondary N) is 2. The Morgan fingerprint density at radius 3 is 2.45 bits per heavy atom. The minimum Gasteiger partial charge on any atom is -0.497 e. The molecule has 0 aromatic heterocycles. The predicted octanol–water partition coefficient (Wildman–Crippen LogP) is 0.419. The molecule has 0 radical (unpaired) electrons. The average Bonchev–Trinajstić information content (AvgIpc) is 2.75. The molecule has 2 rings (SSSR count). The number of rotatable bonds is 9. The molecule has 0 saturated carbocycles. The number of amides is 2. The maximum Gasteiger partial charge on any atom is 0.261 e. The SMILES string of the molecule is COc1ccc(S(=O)(=O)NC(C(=O)NO)C(C)C)c(CCC(=O)N2CCC(O)CC2)c1. The number of aliphatic hydroxyl groups excluding tert-OH is 1. The van der Waals surface area contributed by atoms with E-state index in [1.54, 1.807) is 24.8 Å². The van der Waals surface area contributed by atoms with Crippen molar-refractivity contribution in [3.63, 3.8) is 0 Å². The number of aryl methyl sites for hydroxylation is 1. The topological polar surface area (TPSA) is 145 Å². The highest BCUT2D eigenvalue weighted by molar-refractivity contribution is 7.89. The Morgan fingerprint density at radius 2 is 1.90 bits per heavy atom. The molecule has 1 aromatic rings. The Balaban J connectivity index is 2.23. The second kappa shape index (κ2) is 10.9. The number of hydrogen-bond donors (Lipinski definition) is 4. The fraction of sp³-hybridized carbons (Fsp3) is 0.600. The van der Waals surface area contributed by atoms with Crippen LogP contribution < -0.4 is 14.9 Å². The van der Waals surface area contributed by atoms with Crippen LogP contribution >= 0.6 is 0 Å². The quantitative estimate of drug-likeness (QED) is 0.311. The molecular weight excluding hydrogens is 426 g/mol. The maximum atomic E-state index is 13.0. The maximum absolute atomic E-state index is 13.0. The molecule has 1 aliphatic rings. The van der Waals surface area contributed by atoms with Crippen molar-refractivity contribution in [1.29, 1.82) is 0 Å². The summed E-state index contributed by atoms with van der Waals surface area (Å²) in [5.74, 6) is -0.961. The number of piperidine rings is 1. The van der Waals surface area contributed by atoms with E-state index in [9.17, 15) is 23.1 Å². The minimum atomic E-state index is -4.13. The van der Waals surface area contributed by atoms with Crippen molar-refractivity contribution < 1.29 is 33.1 Å². The van der Waals surface area contributed by atoms with Crippen LogP contribution in [0.5, 0.6) is 5.75 Å². The van der Waals surface area contributed by atoms with Crippen LogP contribution in [0.3, 0.4) is 0 Å². The fourth-order valence-corrected chi connectivity index (χ4v) is 5.04. The van der Waals surface area contributed by atoms with E-state index in [2.05, 4.69) is 4.72 Å². The van der Waals surface area contributed by atoms with Crippen LogP contribution in [-0.4, -0.2) is 67.8 Å². The number of hydrogen-bond acceptors (Lipinski definition) is 7.